The number of phenols is 1. The number of aryl methyl sites for hydroxylation is 2. The van der Waals surface area contributed by atoms with Gasteiger partial charge in [-0.2, -0.15) is 0 Å². The molecular weight excluding hydrogens is 380 g/mol. The number of aromatic nitrogens is 1. The van der Waals surface area contributed by atoms with E-state index in [1.54, 1.807) is 41.7 Å². The SMILES string of the molecule is Cc1nc(-c2ccc(C[NH2+]Cc3cc(=O)oc4c(C)c(O)ccc34)s2)cs1. The van der Waals surface area contributed by atoms with Crippen LogP contribution in [-0.2, 0) is 13.1 Å². The minimum absolute atomic E-state index is 0.134. The Morgan fingerprint density at radius 3 is 2.81 bits per heavy atom. The molecule has 0 bridgehead atoms. The summed E-state index contributed by atoms with van der Waals surface area (Å²) in [6.07, 6.45) is 0. The smallest absolute Gasteiger partial charge is 0.336 e. The van der Waals surface area contributed by atoms with Crippen LogP contribution in [0.15, 0.2) is 44.9 Å². The maximum atomic E-state index is 11.9. The fourth-order valence-electron chi connectivity index (χ4n) is 3.06. The van der Waals surface area contributed by atoms with Crippen LogP contribution in [0.5, 0.6) is 5.75 Å². The average molecular weight is 400 g/mol. The second-order valence-corrected chi connectivity index (χ2v) is 8.62. The van der Waals surface area contributed by atoms with Crippen LogP contribution in [0.2, 0.25) is 0 Å². The molecule has 0 unspecified atom stereocenters. The Balaban J connectivity index is 1.51. The van der Waals surface area contributed by atoms with Crippen LogP contribution in [0.1, 0.15) is 21.0 Å². The van der Waals surface area contributed by atoms with Crippen molar-refractivity contribution in [3.63, 3.8) is 0 Å². The highest BCUT2D eigenvalue weighted by molar-refractivity contribution is 7.16. The molecule has 0 fully saturated rings. The molecule has 0 radical (unpaired) electrons. The van der Waals surface area contributed by atoms with E-state index in [0.717, 1.165) is 28.2 Å². The van der Waals surface area contributed by atoms with Crippen molar-refractivity contribution in [3.8, 4) is 16.3 Å². The summed E-state index contributed by atoms with van der Waals surface area (Å²) in [6, 6.07) is 9.22. The van der Waals surface area contributed by atoms with Crippen molar-refractivity contribution in [3.05, 3.63) is 67.1 Å². The Labute approximate surface area is 163 Å². The number of aromatic hydroxyl groups is 1. The van der Waals surface area contributed by atoms with Gasteiger partial charge < -0.3 is 14.8 Å². The lowest BCUT2D eigenvalue weighted by Gasteiger charge is -2.07. The number of thiazole rings is 1. The molecule has 0 saturated heterocycles. The molecule has 3 aromatic heterocycles. The maximum absolute atomic E-state index is 11.9. The predicted octanol–water partition coefficient (Wildman–Crippen LogP) is 3.56. The summed E-state index contributed by atoms with van der Waals surface area (Å²) >= 11 is 3.40. The van der Waals surface area contributed by atoms with Crippen LogP contribution >= 0.6 is 22.7 Å². The summed E-state index contributed by atoms with van der Waals surface area (Å²) in [5, 5.41) is 16.0. The third-order valence-corrected chi connectivity index (χ3v) is 6.36. The van der Waals surface area contributed by atoms with E-state index in [4.69, 9.17) is 4.42 Å². The zero-order valence-electron chi connectivity index (χ0n) is 15.0. The van der Waals surface area contributed by atoms with Crippen molar-refractivity contribution in [1.29, 1.82) is 0 Å². The van der Waals surface area contributed by atoms with Crippen molar-refractivity contribution in [2.24, 2.45) is 0 Å². The van der Waals surface area contributed by atoms with E-state index in [1.165, 1.54) is 15.8 Å². The van der Waals surface area contributed by atoms with Gasteiger partial charge in [-0.3, -0.25) is 0 Å². The minimum atomic E-state index is -0.392. The Kier molecular flexibility index (Phi) is 4.82. The van der Waals surface area contributed by atoms with Gasteiger partial charge >= 0.3 is 5.63 Å². The summed E-state index contributed by atoms with van der Waals surface area (Å²) in [7, 11) is 0. The molecule has 1 aromatic carbocycles. The number of hydrogen-bond acceptors (Lipinski definition) is 6. The standard InChI is InChI=1S/C20H18N2O3S2/c1-11-17(23)5-4-15-13(7-19(24)25-20(11)15)8-21-9-14-3-6-18(27-14)16-10-26-12(2)22-16/h3-7,10,21,23H,8-9H2,1-2H3/p+1. The first-order valence-electron chi connectivity index (χ1n) is 8.59. The van der Waals surface area contributed by atoms with E-state index < -0.39 is 5.63 Å². The molecule has 138 valence electrons. The van der Waals surface area contributed by atoms with Gasteiger partial charge in [0.15, 0.2) is 0 Å². The zero-order chi connectivity index (χ0) is 19.0. The number of quaternary nitrogens is 1. The summed E-state index contributed by atoms with van der Waals surface area (Å²) < 4.78 is 5.30. The third kappa shape index (κ3) is 3.66. The molecule has 0 aliphatic heterocycles. The number of nitrogens with two attached hydrogens (primary N) is 1. The van der Waals surface area contributed by atoms with Crippen LogP contribution in [0.3, 0.4) is 0 Å². The molecule has 7 heteroatoms. The van der Waals surface area contributed by atoms with Crippen LogP contribution in [-0.4, -0.2) is 10.1 Å². The quantitative estimate of drug-likeness (QED) is 0.503. The lowest BCUT2D eigenvalue weighted by molar-refractivity contribution is -0.685. The van der Waals surface area contributed by atoms with Crippen LogP contribution in [0, 0.1) is 13.8 Å². The second-order valence-electron chi connectivity index (χ2n) is 6.39. The maximum Gasteiger partial charge on any atom is 0.336 e. The van der Waals surface area contributed by atoms with Gasteiger partial charge in [0.2, 0.25) is 0 Å². The predicted molar refractivity (Wildman–Crippen MR) is 108 cm³/mol. The number of phenolic OH excluding ortho intramolecular Hbond substituents is 1. The third-order valence-electron chi connectivity index (χ3n) is 4.46. The van der Waals surface area contributed by atoms with Crippen LogP contribution in [0.25, 0.3) is 21.5 Å². The first kappa shape index (κ1) is 17.9. The van der Waals surface area contributed by atoms with E-state index in [2.05, 4.69) is 27.8 Å². The fourth-order valence-corrected chi connectivity index (χ4v) is 4.71. The van der Waals surface area contributed by atoms with Gasteiger partial charge in [0, 0.05) is 28.0 Å². The molecule has 27 heavy (non-hydrogen) atoms. The lowest BCUT2D eigenvalue weighted by atomic mass is 10.1. The fraction of sp³-hybridized carbons (Fsp3) is 0.200. The first-order valence-corrected chi connectivity index (χ1v) is 10.3. The molecule has 0 aliphatic rings. The largest absolute Gasteiger partial charge is 0.508 e. The summed E-state index contributed by atoms with van der Waals surface area (Å²) in [6.45, 7) is 5.25. The van der Waals surface area contributed by atoms with Crippen LogP contribution < -0.4 is 10.9 Å². The van der Waals surface area contributed by atoms with Gasteiger partial charge in [0.25, 0.3) is 0 Å². The van der Waals surface area contributed by atoms with E-state index >= 15 is 0 Å². The molecule has 0 spiro atoms. The number of fused-ring (bicyclic) bond motifs is 1. The first-order chi connectivity index (χ1) is 13.0. The molecule has 3 N–H and O–H groups in total. The summed E-state index contributed by atoms with van der Waals surface area (Å²) in [4.78, 5) is 18.9. The highest BCUT2D eigenvalue weighted by Crippen LogP contribution is 2.29. The molecule has 0 aliphatic carbocycles. The number of nitrogens with zero attached hydrogens (tertiary/aromatic N) is 1. The zero-order valence-corrected chi connectivity index (χ0v) is 16.6. The number of thiophene rings is 1. The highest BCUT2D eigenvalue weighted by Gasteiger charge is 2.12. The monoisotopic (exact) mass is 399 g/mol. The molecule has 4 rings (SSSR count). The molecule has 0 atom stereocenters. The Hall–Kier alpha value is -2.48. The van der Waals surface area contributed by atoms with Gasteiger partial charge in [-0.05, 0) is 38.1 Å². The van der Waals surface area contributed by atoms with Crippen molar-refractivity contribution in [2.45, 2.75) is 26.9 Å². The second kappa shape index (κ2) is 7.26. The highest BCUT2D eigenvalue weighted by atomic mass is 32.1. The summed E-state index contributed by atoms with van der Waals surface area (Å²) in [5.74, 6) is 0.134. The molecule has 3 heterocycles. The van der Waals surface area contributed by atoms with Gasteiger partial charge in [-0.1, -0.05) is 0 Å². The van der Waals surface area contributed by atoms with E-state index in [0.29, 0.717) is 17.7 Å². The minimum Gasteiger partial charge on any atom is -0.508 e. The van der Waals surface area contributed by atoms with Crippen molar-refractivity contribution >= 4 is 33.6 Å². The van der Waals surface area contributed by atoms with Crippen molar-refractivity contribution in [2.75, 3.05) is 0 Å². The van der Waals surface area contributed by atoms with Crippen molar-refractivity contribution in [1.82, 2.24) is 4.98 Å². The molecule has 4 aromatic rings. The van der Waals surface area contributed by atoms with Gasteiger partial charge in [-0.25, -0.2) is 9.78 Å². The van der Waals surface area contributed by atoms with E-state index in [1.807, 2.05) is 6.92 Å². The van der Waals surface area contributed by atoms with Gasteiger partial charge in [0.1, 0.15) is 24.4 Å². The Morgan fingerprint density at radius 2 is 2.04 bits per heavy atom. The Morgan fingerprint density at radius 1 is 1.19 bits per heavy atom. The number of hydrogen-bond donors (Lipinski definition) is 2. The Bertz CT molecular complexity index is 1170. The van der Waals surface area contributed by atoms with E-state index in [-0.39, 0.29) is 5.75 Å². The van der Waals surface area contributed by atoms with Gasteiger partial charge in [0.05, 0.1) is 20.5 Å². The molecule has 0 saturated carbocycles. The van der Waals surface area contributed by atoms with Crippen molar-refractivity contribution < 1.29 is 14.8 Å². The van der Waals surface area contributed by atoms with Gasteiger partial charge in [-0.15, -0.1) is 22.7 Å². The lowest BCUT2D eigenvalue weighted by Crippen LogP contribution is -2.80. The topological polar surface area (TPSA) is 79.9 Å². The molecule has 5 nitrogen and oxygen atoms in total. The molecular formula is C20H19N2O3S2+. The normalized spacial score (nSPS) is 11.3. The average Bonchev–Trinajstić information content (AvgIpc) is 3.27. The number of rotatable bonds is 5. The summed E-state index contributed by atoms with van der Waals surface area (Å²) in [5.41, 5.74) is 2.61. The number of benzene rings is 1. The molecule has 0 amide bonds. The van der Waals surface area contributed by atoms with Crippen LogP contribution in [0.4, 0.5) is 0 Å². The van der Waals surface area contributed by atoms with E-state index in [9.17, 15) is 9.90 Å².